The third kappa shape index (κ3) is 4.87. The summed E-state index contributed by atoms with van der Waals surface area (Å²) in [6, 6.07) is 3.72. The van der Waals surface area contributed by atoms with Crippen molar-refractivity contribution in [1.29, 1.82) is 0 Å². The van der Waals surface area contributed by atoms with Gasteiger partial charge in [-0.2, -0.15) is 0 Å². The maximum atomic E-state index is 12.2. The van der Waals surface area contributed by atoms with Gasteiger partial charge in [0.25, 0.3) is 5.91 Å². The SMILES string of the molecule is [N-]=[N+]=NC1C(C(=O)O)OC(n2cnc3c(NCc4cc(Cl)ccc4OCC(=O)N4CCC4)ncnc32)C1O. The van der Waals surface area contributed by atoms with E-state index in [1.54, 1.807) is 23.1 Å². The Bertz CT molecular complexity index is 1420. The van der Waals surface area contributed by atoms with E-state index in [0.717, 1.165) is 19.5 Å². The second-order valence-electron chi connectivity index (χ2n) is 8.65. The van der Waals surface area contributed by atoms with E-state index >= 15 is 0 Å². The molecule has 4 unspecified atom stereocenters. The number of aromatic nitrogens is 4. The second-order valence-corrected chi connectivity index (χ2v) is 9.08. The van der Waals surface area contributed by atoms with E-state index < -0.39 is 30.4 Å². The minimum absolute atomic E-state index is 0.0858. The molecule has 3 aromatic rings. The van der Waals surface area contributed by atoms with Crippen LogP contribution < -0.4 is 10.1 Å². The summed E-state index contributed by atoms with van der Waals surface area (Å²) in [4.78, 5) is 40.8. The molecule has 0 bridgehead atoms. The van der Waals surface area contributed by atoms with Crippen LogP contribution >= 0.6 is 11.6 Å². The van der Waals surface area contributed by atoms with Crippen LogP contribution in [0.1, 0.15) is 18.2 Å². The van der Waals surface area contributed by atoms with Gasteiger partial charge in [0, 0.05) is 35.1 Å². The number of hydrogen-bond acceptors (Lipinski definition) is 10. The lowest BCUT2D eigenvalue weighted by atomic mass is 10.1. The van der Waals surface area contributed by atoms with Crippen molar-refractivity contribution in [2.45, 2.75) is 37.4 Å². The number of nitrogens with one attached hydrogen (secondary N) is 1. The van der Waals surface area contributed by atoms with Crippen LogP contribution in [-0.2, 0) is 20.9 Å². The van der Waals surface area contributed by atoms with Crippen molar-refractivity contribution in [3.05, 3.63) is 51.9 Å². The first kappa shape index (κ1) is 25.5. The van der Waals surface area contributed by atoms with Gasteiger partial charge in [0.05, 0.1) is 6.33 Å². The van der Waals surface area contributed by atoms with Gasteiger partial charge in [-0.25, -0.2) is 19.7 Å². The van der Waals surface area contributed by atoms with E-state index in [1.807, 2.05) is 0 Å². The lowest BCUT2D eigenvalue weighted by Gasteiger charge is -2.30. The number of benzene rings is 1. The minimum Gasteiger partial charge on any atom is -0.483 e. The highest BCUT2D eigenvalue weighted by Gasteiger charge is 2.48. The fourth-order valence-electron chi connectivity index (χ4n) is 4.25. The van der Waals surface area contributed by atoms with Gasteiger partial charge in [0.1, 0.15) is 24.2 Å². The van der Waals surface area contributed by atoms with Crippen molar-refractivity contribution in [3.63, 3.8) is 0 Å². The number of fused-ring (bicyclic) bond motifs is 1. The average Bonchev–Trinajstić information content (AvgIpc) is 3.43. The van der Waals surface area contributed by atoms with Gasteiger partial charge in [0.15, 0.2) is 35.9 Å². The number of amides is 1. The third-order valence-corrected chi connectivity index (χ3v) is 6.56. The summed E-state index contributed by atoms with van der Waals surface area (Å²) in [5.74, 6) is -0.642. The molecule has 198 valence electrons. The molecule has 3 N–H and O–H groups in total. The largest absolute Gasteiger partial charge is 0.483 e. The molecule has 1 aromatic carbocycles. The monoisotopic (exact) mass is 543 g/mol. The van der Waals surface area contributed by atoms with Crippen LogP contribution in [-0.4, -0.2) is 84.5 Å². The molecule has 1 amide bonds. The molecule has 4 atom stereocenters. The third-order valence-electron chi connectivity index (χ3n) is 6.33. The predicted octanol–water partition coefficient (Wildman–Crippen LogP) is 1.72. The number of halogens is 1. The van der Waals surface area contributed by atoms with Gasteiger partial charge in [-0.3, -0.25) is 9.36 Å². The Labute approximate surface area is 219 Å². The molecule has 5 rings (SSSR count). The minimum atomic E-state index is -1.54. The Morgan fingerprint density at radius 1 is 1.32 bits per heavy atom. The Morgan fingerprint density at radius 2 is 2.13 bits per heavy atom. The van der Waals surface area contributed by atoms with Crippen molar-refractivity contribution >= 4 is 40.5 Å². The summed E-state index contributed by atoms with van der Waals surface area (Å²) in [7, 11) is 0. The molecular formula is C22H22ClN9O6. The zero-order valence-corrected chi connectivity index (χ0v) is 20.5. The Balaban J connectivity index is 1.35. The second kappa shape index (κ2) is 10.7. The number of aliphatic hydroxyl groups excluding tert-OH is 1. The molecule has 16 heteroatoms. The van der Waals surface area contributed by atoms with Crippen LogP contribution in [0.3, 0.4) is 0 Å². The number of imidazole rings is 1. The number of ether oxygens (including phenoxy) is 2. The fourth-order valence-corrected chi connectivity index (χ4v) is 4.45. The van der Waals surface area contributed by atoms with Crippen molar-refractivity contribution < 1.29 is 29.3 Å². The van der Waals surface area contributed by atoms with Crippen LogP contribution in [0.4, 0.5) is 5.82 Å². The average molecular weight is 544 g/mol. The van der Waals surface area contributed by atoms with E-state index in [2.05, 4.69) is 30.3 Å². The number of anilines is 1. The van der Waals surface area contributed by atoms with Gasteiger partial charge < -0.3 is 29.9 Å². The smallest absolute Gasteiger partial charge is 0.333 e. The van der Waals surface area contributed by atoms with Gasteiger partial charge in [-0.15, -0.1) is 0 Å². The number of hydrogen-bond donors (Lipinski definition) is 3. The maximum Gasteiger partial charge on any atom is 0.333 e. The number of carbonyl (C=O) groups excluding carboxylic acids is 1. The predicted molar refractivity (Wildman–Crippen MR) is 131 cm³/mol. The number of aliphatic carboxylic acids is 1. The molecule has 0 saturated carbocycles. The van der Waals surface area contributed by atoms with E-state index in [-0.39, 0.29) is 24.7 Å². The van der Waals surface area contributed by atoms with E-state index in [9.17, 15) is 19.8 Å². The Morgan fingerprint density at radius 3 is 2.84 bits per heavy atom. The summed E-state index contributed by atoms with van der Waals surface area (Å²) >= 11 is 6.19. The number of nitrogens with zero attached hydrogens (tertiary/aromatic N) is 8. The number of carboxylic acids is 1. The Hall–Kier alpha value is -4.17. The van der Waals surface area contributed by atoms with Crippen molar-refractivity contribution in [1.82, 2.24) is 24.4 Å². The molecule has 2 aliphatic rings. The molecule has 4 heterocycles. The molecule has 2 fully saturated rings. The zero-order valence-electron chi connectivity index (χ0n) is 19.7. The molecule has 38 heavy (non-hydrogen) atoms. The normalized spacial score (nSPS) is 22.5. The molecule has 0 aliphatic carbocycles. The van der Waals surface area contributed by atoms with E-state index in [4.69, 9.17) is 26.6 Å². The van der Waals surface area contributed by atoms with Crippen LogP contribution in [0, 0.1) is 0 Å². The van der Waals surface area contributed by atoms with Crippen molar-refractivity contribution in [2.24, 2.45) is 5.11 Å². The Kier molecular flexibility index (Phi) is 7.15. The first-order valence-corrected chi connectivity index (χ1v) is 12.0. The first-order valence-electron chi connectivity index (χ1n) is 11.6. The van der Waals surface area contributed by atoms with Crippen LogP contribution in [0.5, 0.6) is 5.75 Å². The highest BCUT2D eigenvalue weighted by molar-refractivity contribution is 6.30. The van der Waals surface area contributed by atoms with Gasteiger partial charge >= 0.3 is 5.97 Å². The number of azide groups is 1. The topological polar surface area (TPSA) is 201 Å². The molecule has 15 nitrogen and oxygen atoms in total. The molecule has 0 radical (unpaired) electrons. The van der Waals surface area contributed by atoms with Gasteiger partial charge in [0.2, 0.25) is 0 Å². The van der Waals surface area contributed by atoms with E-state index in [0.29, 0.717) is 27.7 Å². The number of aliphatic hydroxyl groups is 1. The highest BCUT2D eigenvalue weighted by atomic mass is 35.5. The number of carboxylic acid groups (broad SMARTS) is 1. The quantitative estimate of drug-likeness (QED) is 0.202. The standard InChI is InChI=1S/C22H22ClN9O6/c23-12-2-3-13(37-8-14(33)31-4-1-5-31)11(6-12)7-25-19-16-20(27-9-26-19)32(10-28-16)21-17(34)15(29-30-24)18(38-21)22(35)36/h2-3,6,9-10,15,17-18,21,34H,1,4-5,7-8H2,(H,35,36)(H,25,26,27). The molecule has 2 saturated heterocycles. The van der Waals surface area contributed by atoms with Crippen molar-refractivity contribution in [3.8, 4) is 5.75 Å². The van der Waals surface area contributed by atoms with Crippen molar-refractivity contribution in [2.75, 3.05) is 25.0 Å². The summed E-state index contributed by atoms with van der Waals surface area (Å²) in [5.41, 5.74) is 10.0. The summed E-state index contributed by atoms with van der Waals surface area (Å²) < 4.78 is 12.6. The molecule has 0 spiro atoms. The lowest BCUT2D eigenvalue weighted by Crippen LogP contribution is -2.44. The summed E-state index contributed by atoms with van der Waals surface area (Å²) in [6.45, 7) is 1.60. The first-order chi connectivity index (χ1) is 18.4. The van der Waals surface area contributed by atoms with Crippen LogP contribution in [0.15, 0.2) is 36.0 Å². The molecule has 2 aliphatic heterocycles. The summed E-state index contributed by atoms with van der Waals surface area (Å²) in [6.07, 6.45) is -0.629. The summed E-state index contributed by atoms with van der Waals surface area (Å²) in [5, 5.41) is 27.1. The zero-order chi connectivity index (χ0) is 26.8. The number of rotatable bonds is 9. The number of carbonyl (C=O) groups is 2. The molecular weight excluding hydrogens is 522 g/mol. The van der Waals surface area contributed by atoms with Crippen LogP contribution in [0.2, 0.25) is 5.02 Å². The van der Waals surface area contributed by atoms with Gasteiger partial charge in [-0.1, -0.05) is 16.7 Å². The highest BCUT2D eigenvalue weighted by Crippen LogP contribution is 2.34. The lowest BCUT2D eigenvalue weighted by molar-refractivity contribution is -0.152. The maximum absolute atomic E-state index is 12.2. The number of likely N-dealkylation sites (tertiary alicyclic amines) is 1. The molecule has 2 aromatic heterocycles. The fraction of sp³-hybridized carbons (Fsp3) is 0.409. The van der Waals surface area contributed by atoms with Gasteiger partial charge in [-0.05, 0) is 30.2 Å². The van der Waals surface area contributed by atoms with Crippen LogP contribution in [0.25, 0.3) is 21.6 Å². The van der Waals surface area contributed by atoms with E-state index in [1.165, 1.54) is 17.2 Å².